The van der Waals surface area contributed by atoms with Crippen molar-refractivity contribution in [3.8, 4) is 11.5 Å². The van der Waals surface area contributed by atoms with Crippen LogP contribution in [-0.2, 0) is 11.2 Å². The summed E-state index contributed by atoms with van der Waals surface area (Å²) in [5.74, 6) is 1.75. The second kappa shape index (κ2) is 9.23. The summed E-state index contributed by atoms with van der Waals surface area (Å²) in [6.07, 6.45) is 3.98. The highest BCUT2D eigenvalue weighted by molar-refractivity contribution is 6.04. The molecule has 1 aromatic heterocycles. The van der Waals surface area contributed by atoms with Crippen LogP contribution in [0, 0.1) is 0 Å². The van der Waals surface area contributed by atoms with Gasteiger partial charge in [-0.1, -0.05) is 6.08 Å². The first-order valence-corrected chi connectivity index (χ1v) is 9.12. The number of morpholine rings is 1. The summed E-state index contributed by atoms with van der Waals surface area (Å²) in [5.41, 5.74) is 1.94. The van der Waals surface area contributed by atoms with Gasteiger partial charge in [-0.05, 0) is 30.7 Å². The molecule has 1 aromatic carbocycles. The molecule has 0 spiro atoms. The third-order valence-electron chi connectivity index (χ3n) is 4.52. The van der Waals surface area contributed by atoms with Crippen molar-refractivity contribution >= 4 is 17.4 Å². The van der Waals surface area contributed by atoms with E-state index in [0.717, 1.165) is 24.5 Å². The van der Waals surface area contributed by atoms with E-state index in [1.165, 1.54) is 0 Å². The van der Waals surface area contributed by atoms with Crippen LogP contribution in [0.15, 0.2) is 43.1 Å². The molecule has 0 atom stereocenters. The fourth-order valence-corrected chi connectivity index (χ4v) is 3.12. The van der Waals surface area contributed by atoms with Crippen molar-refractivity contribution in [1.29, 1.82) is 0 Å². The fourth-order valence-electron chi connectivity index (χ4n) is 3.12. The van der Waals surface area contributed by atoms with Crippen molar-refractivity contribution in [2.45, 2.75) is 6.42 Å². The molecule has 28 heavy (non-hydrogen) atoms. The van der Waals surface area contributed by atoms with Crippen LogP contribution in [0.3, 0.4) is 0 Å². The van der Waals surface area contributed by atoms with E-state index in [0.29, 0.717) is 42.4 Å². The van der Waals surface area contributed by atoms with Gasteiger partial charge in [-0.25, -0.2) is 4.98 Å². The quantitative estimate of drug-likeness (QED) is 0.741. The van der Waals surface area contributed by atoms with Crippen molar-refractivity contribution < 1.29 is 19.0 Å². The summed E-state index contributed by atoms with van der Waals surface area (Å²) >= 11 is 0. The summed E-state index contributed by atoms with van der Waals surface area (Å²) in [7, 11) is 3.12. The van der Waals surface area contributed by atoms with Crippen LogP contribution in [0.2, 0.25) is 0 Å². The van der Waals surface area contributed by atoms with Gasteiger partial charge in [0.05, 0.1) is 39.3 Å². The van der Waals surface area contributed by atoms with E-state index >= 15 is 0 Å². The first kappa shape index (κ1) is 19.7. The van der Waals surface area contributed by atoms with Gasteiger partial charge in [0.2, 0.25) is 0 Å². The molecule has 0 bridgehead atoms. The predicted molar refractivity (Wildman–Crippen MR) is 109 cm³/mol. The van der Waals surface area contributed by atoms with E-state index in [2.05, 4.69) is 21.8 Å². The van der Waals surface area contributed by atoms with E-state index in [1.54, 1.807) is 38.6 Å². The molecule has 0 unspecified atom stereocenters. The maximum atomic E-state index is 12.7. The van der Waals surface area contributed by atoms with Crippen molar-refractivity contribution in [2.75, 3.05) is 50.7 Å². The second-order valence-electron chi connectivity index (χ2n) is 6.32. The maximum absolute atomic E-state index is 12.7. The number of aromatic nitrogens is 1. The first-order chi connectivity index (χ1) is 13.7. The number of rotatable bonds is 7. The number of hydrogen-bond acceptors (Lipinski definition) is 6. The van der Waals surface area contributed by atoms with Crippen molar-refractivity contribution in [3.63, 3.8) is 0 Å². The van der Waals surface area contributed by atoms with Gasteiger partial charge in [0, 0.05) is 24.2 Å². The number of carbonyl (C=O) groups excluding carboxylic acids is 1. The minimum atomic E-state index is -0.243. The number of anilines is 2. The summed E-state index contributed by atoms with van der Waals surface area (Å²) in [6, 6.07) is 7.20. The van der Waals surface area contributed by atoms with Crippen molar-refractivity contribution in [2.24, 2.45) is 0 Å². The number of pyridine rings is 1. The normalized spacial score (nSPS) is 13.7. The molecule has 1 N–H and O–H groups in total. The highest BCUT2D eigenvalue weighted by atomic mass is 16.5. The van der Waals surface area contributed by atoms with Gasteiger partial charge < -0.3 is 24.4 Å². The zero-order valence-corrected chi connectivity index (χ0v) is 16.2. The van der Waals surface area contributed by atoms with Crippen LogP contribution in [-0.4, -0.2) is 51.4 Å². The predicted octanol–water partition coefficient (Wildman–Crippen LogP) is 2.92. The Morgan fingerprint density at radius 2 is 2.07 bits per heavy atom. The first-order valence-electron chi connectivity index (χ1n) is 9.12. The molecule has 1 aliphatic heterocycles. The smallest absolute Gasteiger partial charge is 0.255 e. The minimum absolute atomic E-state index is 0.243. The third-order valence-corrected chi connectivity index (χ3v) is 4.52. The lowest BCUT2D eigenvalue weighted by atomic mass is 10.0. The number of benzene rings is 1. The Morgan fingerprint density at radius 3 is 2.68 bits per heavy atom. The molecule has 7 heteroatoms. The van der Waals surface area contributed by atoms with Gasteiger partial charge in [0.1, 0.15) is 5.82 Å². The lowest BCUT2D eigenvalue weighted by molar-refractivity contribution is 0.102. The molecule has 3 rings (SSSR count). The molecule has 7 nitrogen and oxygen atoms in total. The van der Waals surface area contributed by atoms with Gasteiger partial charge >= 0.3 is 0 Å². The molecular formula is C21H25N3O4. The summed E-state index contributed by atoms with van der Waals surface area (Å²) in [6.45, 7) is 6.79. The SMILES string of the molecule is C=CCc1cc(C(=O)Nc2ccc(N3CCOCC3)nc2)cc(OC)c1OC. The van der Waals surface area contributed by atoms with E-state index in [9.17, 15) is 4.79 Å². The Hall–Kier alpha value is -3.06. The number of ether oxygens (including phenoxy) is 3. The Morgan fingerprint density at radius 1 is 1.29 bits per heavy atom. The highest BCUT2D eigenvalue weighted by Crippen LogP contribution is 2.33. The van der Waals surface area contributed by atoms with E-state index in [-0.39, 0.29) is 5.91 Å². The maximum Gasteiger partial charge on any atom is 0.255 e. The molecular weight excluding hydrogens is 358 g/mol. The standard InChI is InChI=1S/C21H25N3O4/c1-4-5-15-12-16(13-18(26-2)20(15)27-3)21(25)23-17-6-7-19(22-14-17)24-8-10-28-11-9-24/h4,6-7,12-14H,1,5,8-11H2,2-3H3,(H,23,25). The topological polar surface area (TPSA) is 72.9 Å². The van der Waals surface area contributed by atoms with Gasteiger partial charge in [-0.3, -0.25) is 4.79 Å². The molecule has 148 valence electrons. The number of allylic oxidation sites excluding steroid dienone is 1. The largest absolute Gasteiger partial charge is 0.493 e. The van der Waals surface area contributed by atoms with Crippen LogP contribution < -0.4 is 19.7 Å². The molecule has 0 aliphatic carbocycles. The van der Waals surface area contributed by atoms with Gasteiger partial charge in [-0.15, -0.1) is 6.58 Å². The second-order valence-corrected chi connectivity index (χ2v) is 6.32. The van der Waals surface area contributed by atoms with Crippen LogP contribution in [0.5, 0.6) is 11.5 Å². The monoisotopic (exact) mass is 383 g/mol. The number of amides is 1. The number of methoxy groups -OCH3 is 2. The fraction of sp³-hybridized carbons (Fsp3) is 0.333. The van der Waals surface area contributed by atoms with Crippen LogP contribution >= 0.6 is 0 Å². The summed E-state index contributed by atoms with van der Waals surface area (Å²) in [4.78, 5) is 19.3. The Kier molecular flexibility index (Phi) is 6.49. The number of nitrogens with one attached hydrogen (secondary N) is 1. The Bertz CT molecular complexity index is 830. The average molecular weight is 383 g/mol. The Balaban J connectivity index is 1.76. The molecule has 1 saturated heterocycles. The van der Waals surface area contributed by atoms with Crippen molar-refractivity contribution in [3.05, 3.63) is 54.2 Å². The van der Waals surface area contributed by atoms with Gasteiger partial charge in [0.25, 0.3) is 5.91 Å². The molecule has 1 aliphatic rings. The molecule has 2 heterocycles. The number of nitrogens with zero attached hydrogens (tertiary/aromatic N) is 2. The molecule has 1 fully saturated rings. The zero-order valence-electron chi connectivity index (χ0n) is 16.2. The molecule has 1 amide bonds. The molecule has 0 saturated carbocycles. The number of hydrogen-bond donors (Lipinski definition) is 1. The zero-order chi connectivity index (χ0) is 19.9. The van der Waals surface area contributed by atoms with Gasteiger partial charge in [0.15, 0.2) is 11.5 Å². The average Bonchev–Trinajstić information content (AvgIpc) is 2.74. The Labute approximate surface area is 164 Å². The van der Waals surface area contributed by atoms with Gasteiger partial charge in [-0.2, -0.15) is 0 Å². The minimum Gasteiger partial charge on any atom is -0.493 e. The molecule has 2 aromatic rings. The lowest BCUT2D eigenvalue weighted by Crippen LogP contribution is -2.36. The van der Waals surface area contributed by atoms with Crippen LogP contribution in [0.25, 0.3) is 0 Å². The van der Waals surface area contributed by atoms with E-state index in [1.807, 2.05) is 12.1 Å². The lowest BCUT2D eigenvalue weighted by Gasteiger charge is -2.27. The van der Waals surface area contributed by atoms with E-state index in [4.69, 9.17) is 14.2 Å². The summed E-state index contributed by atoms with van der Waals surface area (Å²) in [5, 5.41) is 2.88. The van der Waals surface area contributed by atoms with E-state index < -0.39 is 0 Å². The third kappa shape index (κ3) is 4.43. The van der Waals surface area contributed by atoms with Crippen molar-refractivity contribution in [1.82, 2.24) is 4.98 Å². The molecule has 0 radical (unpaired) electrons. The van der Waals surface area contributed by atoms with Crippen LogP contribution in [0.4, 0.5) is 11.5 Å². The number of carbonyl (C=O) groups is 1. The summed E-state index contributed by atoms with van der Waals surface area (Å²) < 4.78 is 16.2. The van der Waals surface area contributed by atoms with Crippen LogP contribution in [0.1, 0.15) is 15.9 Å². The highest BCUT2D eigenvalue weighted by Gasteiger charge is 2.17.